The molecular formula is C24H30O4SiTi. The fraction of sp³-hybridized carbons (Fsp3) is 0.250. The summed E-state index contributed by atoms with van der Waals surface area (Å²) in [5.41, 5.74) is 2.51. The molecule has 0 amide bonds. The number of benzene rings is 1. The van der Waals surface area contributed by atoms with E-state index in [1.807, 2.05) is 65.1 Å². The third-order valence-corrected chi connectivity index (χ3v) is 24.4. The Balaban J connectivity index is 2.49. The molecule has 2 aliphatic carbocycles. The Morgan fingerprint density at radius 3 is 2.13 bits per heavy atom. The second kappa shape index (κ2) is 5.94. The maximum absolute atomic E-state index is 13.2. The fourth-order valence-corrected chi connectivity index (χ4v) is 19.4. The normalized spacial score (nSPS) is 20.7. The molecule has 1 aromatic rings. The molecule has 0 spiro atoms. The number of hydrogen-bond acceptors (Lipinski definition) is 4. The van der Waals surface area contributed by atoms with Crippen molar-refractivity contribution in [3.05, 3.63) is 87.9 Å². The molecule has 0 saturated carbocycles. The molecule has 4 nitrogen and oxygen atoms in total. The summed E-state index contributed by atoms with van der Waals surface area (Å²) in [4.78, 5) is 26.4. The Kier molecular flexibility index (Phi) is 4.45. The Morgan fingerprint density at radius 1 is 1.07 bits per heavy atom. The van der Waals surface area contributed by atoms with E-state index in [0.717, 1.165) is 15.0 Å². The van der Waals surface area contributed by atoms with Gasteiger partial charge in [-0.15, -0.1) is 0 Å². The van der Waals surface area contributed by atoms with Gasteiger partial charge in [0.1, 0.15) is 0 Å². The number of allylic oxidation sites excluding steroid dienone is 5. The summed E-state index contributed by atoms with van der Waals surface area (Å²) in [6.07, 6.45) is 10.4. The Bertz CT molecular complexity index is 1210. The van der Waals surface area contributed by atoms with Crippen LogP contribution < -0.4 is 0 Å². The predicted molar refractivity (Wildman–Crippen MR) is 122 cm³/mol. The average Bonchev–Trinajstić information content (AvgIpc) is 3.32. The first-order chi connectivity index (χ1) is 13.7. The van der Waals surface area contributed by atoms with Crippen LogP contribution in [0.3, 0.4) is 0 Å². The van der Waals surface area contributed by atoms with Gasteiger partial charge in [-0.3, -0.25) is 0 Å². The van der Waals surface area contributed by atoms with Crippen molar-refractivity contribution in [3.63, 3.8) is 0 Å². The first-order valence-corrected chi connectivity index (χ1v) is 20.2. The van der Waals surface area contributed by atoms with Crippen LogP contribution in [0.15, 0.2) is 76.8 Å². The maximum atomic E-state index is 13.2. The van der Waals surface area contributed by atoms with Crippen LogP contribution in [-0.4, -0.2) is 19.6 Å². The monoisotopic (exact) mass is 458 g/mol. The molecule has 1 atom stereocenters. The molecule has 0 saturated heterocycles. The molecule has 158 valence electrons. The van der Waals surface area contributed by atoms with Gasteiger partial charge in [0.25, 0.3) is 0 Å². The van der Waals surface area contributed by atoms with E-state index >= 15 is 0 Å². The zero-order chi connectivity index (χ0) is 22.5. The third-order valence-electron chi connectivity index (χ3n) is 6.88. The number of fused-ring (bicyclic) bond motifs is 1. The molecule has 30 heavy (non-hydrogen) atoms. The molecule has 3 rings (SSSR count). The van der Waals surface area contributed by atoms with Crippen LogP contribution in [0.2, 0.25) is 10.5 Å². The van der Waals surface area contributed by atoms with Gasteiger partial charge in [0.05, 0.1) is 0 Å². The molecule has 0 heterocycles. The molecule has 2 aliphatic rings. The van der Waals surface area contributed by atoms with E-state index < -0.39 is 28.4 Å². The Hall–Kier alpha value is -2.21. The van der Waals surface area contributed by atoms with Gasteiger partial charge < -0.3 is 0 Å². The number of rotatable bonds is 6. The predicted octanol–water partition coefficient (Wildman–Crippen LogP) is 5.07. The molecule has 0 bridgehead atoms. The summed E-state index contributed by atoms with van der Waals surface area (Å²) in [7, 11) is 1.57. The van der Waals surface area contributed by atoms with Crippen LogP contribution in [-0.2, 0) is 28.5 Å². The van der Waals surface area contributed by atoms with E-state index in [2.05, 4.69) is 13.2 Å². The van der Waals surface area contributed by atoms with Crippen molar-refractivity contribution in [2.45, 2.75) is 34.9 Å². The Labute approximate surface area is 176 Å². The fourth-order valence-electron chi connectivity index (χ4n) is 4.90. The molecule has 0 aromatic heterocycles. The summed E-state index contributed by atoms with van der Waals surface area (Å²) in [5.74, 6) is -1.13. The van der Waals surface area contributed by atoms with Crippen molar-refractivity contribution >= 4 is 25.6 Å². The van der Waals surface area contributed by atoms with Crippen LogP contribution in [0.1, 0.15) is 35.6 Å². The van der Waals surface area contributed by atoms with Gasteiger partial charge >= 0.3 is 177 Å². The first-order valence-electron chi connectivity index (χ1n) is 10.1. The summed E-state index contributed by atoms with van der Waals surface area (Å²) < 4.78 is 13.6. The second-order valence-corrected chi connectivity index (χ2v) is 38.4. The zero-order valence-electron chi connectivity index (χ0n) is 18.2. The van der Waals surface area contributed by atoms with Crippen LogP contribution >= 0.6 is 0 Å². The van der Waals surface area contributed by atoms with Crippen molar-refractivity contribution in [1.82, 2.24) is 0 Å². The minimum atomic E-state index is -6.23. The van der Waals surface area contributed by atoms with Crippen molar-refractivity contribution in [1.29, 1.82) is 0 Å². The SMILES string of the molecule is C=C(C)C(=O)[O][Ti]([CH3])([CH3])(=[SiH2])([O]C(=O)C(=C)C)([C]1=CC=CC1)[CH]1C=Cc2ccccc21. The van der Waals surface area contributed by atoms with Crippen molar-refractivity contribution in [3.8, 4) is 0 Å². The standard InChI is InChI=1S/C9H7.C5H5.2C4H6O2.2CH3.H2Si.Ti/c1-2-5-9-7-3-6-8(9)4-1;1-2-4-5-3-1;2*1-3(2)4(5)6;;;;/h1-7H;1-3H,4H2;2*1H2,2H3,(H,5,6);2*1H3;1H2;/q;;;;;;;+2/p-2. The number of hydrogen-bond donors (Lipinski definition) is 0. The van der Waals surface area contributed by atoms with Crippen LogP contribution in [0, 0.1) is 0 Å². The third kappa shape index (κ3) is 2.99. The summed E-state index contributed by atoms with van der Waals surface area (Å²) in [5, 5.41) is 3.79. The first kappa shape index (κ1) is 22.5. The molecule has 1 aromatic carbocycles. The van der Waals surface area contributed by atoms with Gasteiger partial charge in [0, 0.05) is 0 Å². The van der Waals surface area contributed by atoms with Gasteiger partial charge in [-0.2, -0.15) is 0 Å². The summed E-state index contributed by atoms with van der Waals surface area (Å²) >= 11 is -6.23. The van der Waals surface area contributed by atoms with Crippen molar-refractivity contribution < 1.29 is 28.5 Å². The van der Waals surface area contributed by atoms with Gasteiger partial charge in [-0.05, 0) is 0 Å². The van der Waals surface area contributed by atoms with E-state index in [1.54, 1.807) is 21.5 Å². The molecule has 0 radical (unpaired) electrons. The molecule has 0 aliphatic heterocycles. The van der Waals surface area contributed by atoms with Crippen molar-refractivity contribution in [2.75, 3.05) is 0 Å². The topological polar surface area (TPSA) is 52.6 Å². The van der Waals surface area contributed by atoms with E-state index in [4.69, 9.17) is 6.64 Å². The van der Waals surface area contributed by atoms with Gasteiger partial charge in [0.15, 0.2) is 0 Å². The van der Waals surface area contributed by atoms with Crippen LogP contribution in [0.4, 0.5) is 0 Å². The molecule has 6 heteroatoms. The van der Waals surface area contributed by atoms with Gasteiger partial charge in [-0.1, -0.05) is 0 Å². The van der Waals surface area contributed by atoms with E-state index in [0.29, 0.717) is 6.42 Å². The molecule has 0 N–H and O–H groups in total. The minimum absolute atomic E-state index is 0.254. The Morgan fingerprint density at radius 2 is 1.63 bits per heavy atom. The average molecular weight is 458 g/mol. The molecule has 1 unspecified atom stereocenters. The van der Waals surface area contributed by atoms with E-state index in [9.17, 15) is 9.59 Å². The zero-order valence-corrected chi connectivity index (χ0v) is 21.2. The van der Waals surface area contributed by atoms with E-state index in [-0.39, 0.29) is 11.1 Å². The van der Waals surface area contributed by atoms with Gasteiger partial charge in [0.2, 0.25) is 0 Å². The van der Waals surface area contributed by atoms with Crippen LogP contribution in [0.5, 0.6) is 0 Å². The molecular weight excluding hydrogens is 428 g/mol. The van der Waals surface area contributed by atoms with E-state index in [1.165, 1.54) is 0 Å². The summed E-state index contributed by atoms with van der Waals surface area (Å²) in [6.45, 7) is 10.8. The molecule has 0 fully saturated rings. The second-order valence-electron chi connectivity index (χ2n) is 10.6. The van der Waals surface area contributed by atoms with Crippen molar-refractivity contribution in [2.24, 2.45) is 0 Å². The van der Waals surface area contributed by atoms with Crippen LogP contribution in [0.25, 0.3) is 6.08 Å². The number of carbonyl (C=O) groups excluding carboxylic acids is 2. The quantitative estimate of drug-likeness (QED) is 0.441. The number of carbonyl (C=O) groups is 2. The summed E-state index contributed by atoms with van der Waals surface area (Å²) in [6, 6.07) is 7.94. The van der Waals surface area contributed by atoms with Gasteiger partial charge in [-0.25, -0.2) is 0 Å².